The summed E-state index contributed by atoms with van der Waals surface area (Å²) in [7, 11) is 0. The van der Waals surface area contributed by atoms with E-state index in [1.807, 2.05) is 0 Å². The maximum atomic E-state index is 3.72. The Kier molecular flexibility index (Phi) is 2.72. The Labute approximate surface area is 94.0 Å². The van der Waals surface area contributed by atoms with Gasteiger partial charge in [-0.15, -0.1) is 0 Å². The predicted molar refractivity (Wildman–Crippen MR) is 67.2 cm³/mol. The molecule has 1 aromatic rings. The topological polar surface area (TPSA) is 6.48 Å². The summed E-state index contributed by atoms with van der Waals surface area (Å²) in [4.78, 5) is 4.72. The van der Waals surface area contributed by atoms with Crippen LogP contribution in [0.5, 0.6) is 0 Å². The predicted octanol–water partition coefficient (Wildman–Crippen LogP) is 2.73. The molecule has 14 heavy (non-hydrogen) atoms. The van der Waals surface area contributed by atoms with Gasteiger partial charge in [-0.1, -0.05) is 27.9 Å². The van der Waals surface area contributed by atoms with Crippen molar-refractivity contribution in [3.63, 3.8) is 0 Å². The van der Waals surface area contributed by atoms with E-state index < -0.39 is 0 Å². The molecule has 1 heterocycles. The van der Waals surface area contributed by atoms with Crippen molar-refractivity contribution in [3.05, 3.63) is 24.3 Å². The molecule has 0 fully saturated rings. The normalized spacial score (nSPS) is 14.9. The second-order valence-corrected chi connectivity index (χ2v) is 4.19. The fourth-order valence-corrected chi connectivity index (χ4v) is 3.01. The maximum absolute atomic E-state index is 3.72. The fraction of sp³-hybridized carbons (Fsp3) is 0.400. The van der Waals surface area contributed by atoms with E-state index in [4.69, 9.17) is 0 Å². The van der Waals surface area contributed by atoms with Crippen LogP contribution < -0.4 is 9.62 Å². The van der Waals surface area contributed by atoms with Crippen molar-refractivity contribution < 1.29 is 0 Å². The van der Waals surface area contributed by atoms with Crippen LogP contribution >= 0.6 is 15.8 Å². The molecule has 0 amide bonds. The van der Waals surface area contributed by atoms with Gasteiger partial charge in [-0.05, 0) is 26.0 Å². The van der Waals surface area contributed by atoms with E-state index in [9.17, 15) is 0 Å². The summed E-state index contributed by atoms with van der Waals surface area (Å²) >= 11 is 3.72. The molecular weight excluding hydrogens is 239 g/mol. The molecule has 0 bridgehead atoms. The van der Waals surface area contributed by atoms with Crippen LogP contribution in [0.25, 0.3) is 0 Å². The highest BCUT2D eigenvalue weighted by Gasteiger charge is 2.36. The zero-order chi connectivity index (χ0) is 10.1. The lowest BCUT2D eigenvalue weighted by atomic mass is 10.1. The van der Waals surface area contributed by atoms with Crippen molar-refractivity contribution in [2.24, 2.45) is 0 Å². The second-order valence-electron chi connectivity index (χ2n) is 3.37. The van der Waals surface area contributed by atoms with Crippen molar-refractivity contribution in [1.82, 2.24) is 0 Å². The molecule has 0 saturated heterocycles. The molecule has 0 atom stereocenters. The summed E-state index contributed by atoms with van der Waals surface area (Å²) in [6.07, 6.45) is 0. The maximum Gasteiger partial charge on any atom is 0.455 e. The van der Waals surface area contributed by atoms with Gasteiger partial charge in [0.1, 0.15) is 0 Å². The van der Waals surface area contributed by atoms with Crippen LogP contribution in [0.2, 0.25) is 0 Å². The van der Waals surface area contributed by atoms with E-state index in [1.165, 1.54) is 11.4 Å². The molecule has 2 rings (SSSR count). The molecule has 2 nitrogen and oxygen atoms in total. The van der Waals surface area contributed by atoms with Gasteiger partial charge in [0.25, 0.3) is 0 Å². The highest BCUT2D eigenvalue weighted by atomic mass is 79.9. The zero-order valence-corrected chi connectivity index (χ0v) is 10.2. The summed E-state index contributed by atoms with van der Waals surface area (Å²) in [5, 5.41) is 0. The molecule has 0 aliphatic carbocycles. The van der Waals surface area contributed by atoms with Gasteiger partial charge in [-0.25, -0.2) is 0 Å². The van der Waals surface area contributed by atoms with Crippen LogP contribution in [-0.4, -0.2) is 18.9 Å². The van der Waals surface area contributed by atoms with Crippen LogP contribution in [0.3, 0.4) is 0 Å². The second kappa shape index (κ2) is 3.85. The molecule has 0 unspecified atom stereocenters. The van der Waals surface area contributed by atoms with E-state index in [1.54, 1.807) is 0 Å². The molecule has 0 spiro atoms. The third-order valence-electron chi connectivity index (χ3n) is 2.70. The minimum absolute atomic E-state index is 0.315. The van der Waals surface area contributed by atoms with Gasteiger partial charge in [-0.3, -0.25) is 0 Å². The molecule has 0 saturated carbocycles. The summed E-state index contributed by atoms with van der Waals surface area (Å²) in [5.41, 5.74) is 2.66. The first kappa shape index (κ1) is 9.90. The SMILES string of the molecule is CCN1B(Br)N(CC)c2ccccc21. The lowest BCUT2D eigenvalue weighted by molar-refractivity contribution is 1.07. The van der Waals surface area contributed by atoms with Gasteiger partial charge in [0.05, 0.1) is 0 Å². The Hall–Kier alpha value is -0.635. The summed E-state index contributed by atoms with van der Waals surface area (Å²) < 4.78 is 0. The molecule has 0 radical (unpaired) electrons. The van der Waals surface area contributed by atoms with E-state index in [0.717, 1.165) is 13.1 Å². The average molecular weight is 253 g/mol. The van der Waals surface area contributed by atoms with Crippen LogP contribution in [0.15, 0.2) is 24.3 Å². The number of nitrogens with zero attached hydrogens (tertiary/aromatic N) is 2. The average Bonchev–Trinajstić information content (AvgIpc) is 2.49. The molecule has 0 aromatic heterocycles. The zero-order valence-electron chi connectivity index (χ0n) is 8.57. The van der Waals surface area contributed by atoms with Gasteiger partial charge in [0, 0.05) is 24.5 Å². The summed E-state index contributed by atoms with van der Waals surface area (Å²) in [6, 6.07) is 8.56. The molecular formula is C10H14BBrN2. The highest BCUT2D eigenvalue weighted by molar-refractivity contribution is 9.24. The molecule has 1 aliphatic heterocycles. The van der Waals surface area contributed by atoms with E-state index in [-0.39, 0.29) is 0 Å². The van der Waals surface area contributed by atoms with Crippen molar-refractivity contribution in [3.8, 4) is 0 Å². The number of hydrogen-bond donors (Lipinski definition) is 0. The lowest BCUT2D eigenvalue weighted by Crippen LogP contribution is -2.43. The van der Waals surface area contributed by atoms with Gasteiger partial charge in [-0.2, -0.15) is 0 Å². The summed E-state index contributed by atoms with van der Waals surface area (Å²) in [6.45, 7) is 6.43. The summed E-state index contributed by atoms with van der Waals surface area (Å²) in [5.74, 6) is 0.315. The minimum Gasteiger partial charge on any atom is -0.385 e. The van der Waals surface area contributed by atoms with Crippen molar-refractivity contribution >= 4 is 32.9 Å². The Bertz CT molecular complexity index is 301. The first-order valence-corrected chi connectivity index (χ1v) is 5.97. The van der Waals surface area contributed by atoms with Crippen LogP contribution in [0.1, 0.15) is 13.8 Å². The Balaban J connectivity index is 2.45. The van der Waals surface area contributed by atoms with Gasteiger partial charge in [0.15, 0.2) is 0 Å². The number of para-hydroxylation sites is 2. The van der Waals surface area contributed by atoms with Crippen molar-refractivity contribution in [2.45, 2.75) is 13.8 Å². The largest absolute Gasteiger partial charge is 0.455 e. The third kappa shape index (κ3) is 1.32. The quantitative estimate of drug-likeness (QED) is 0.747. The molecule has 0 N–H and O–H groups in total. The van der Waals surface area contributed by atoms with Crippen LogP contribution in [0.4, 0.5) is 11.4 Å². The smallest absolute Gasteiger partial charge is 0.385 e. The van der Waals surface area contributed by atoms with E-state index in [2.05, 4.69) is 63.5 Å². The number of halogens is 1. The molecule has 1 aliphatic rings. The van der Waals surface area contributed by atoms with E-state index >= 15 is 0 Å². The first-order chi connectivity index (χ1) is 6.79. The monoisotopic (exact) mass is 252 g/mol. The molecule has 74 valence electrons. The molecule has 4 heteroatoms. The third-order valence-corrected chi connectivity index (χ3v) is 3.68. The van der Waals surface area contributed by atoms with Gasteiger partial charge in [0.2, 0.25) is 0 Å². The Morgan fingerprint density at radius 1 is 1.07 bits per heavy atom. The fourth-order valence-electron chi connectivity index (χ4n) is 1.99. The Morgan fingerprint density at radius 2 is 1.50 bits per heavy atom. The highest BCUT2D eigenvalue weighted by Crippen LogP contribution is 2.38. The number of hydrogen-bond acceptors (Lipinski definition) is 2. The van der Waals surface area contributed by atoms with Gasteiger partial charge >= 0.3 is 5.81 Å². The van der Waals surface area contributed by atoms with Gasteiger partial charge < -0.3 is 9.62 Å². The van der Waals surface area contributed by atoms with Crippen LogP contribution in [0, 0.1) is 0 Å². The lowest BCUT2D eigenvalue weighted by Gasteiger charge is -2.22. The minimum atomic E-state index is 0.315. The number of anilines is 2. The van der Waals surface area contributed by atoms with Crippen molar-refractivity contribution in [1.29, 1.82) is 0 Å². The number of fused-ring (bicyclic) bond motifs is 1. The number of rotatable bonds is 2. The number of benzene rings is 1. The first-order valence-electron chi connectivity index (χ1n) is 5.06. The van der Waals surface area contributed by atoms with Crippen LogP contribution in [-0.2, 0) is 0 Å². The van der Waals surface area contributed by atoms with Crippen molar-refractivity contribution in [2.75, 3.05) is 22.7 Å². The van der Waals surface area contributed by atoms with E-state index in [0.29, 0.717) is 5.81 Å². The Morgan fingerprint density at radius 3 is 1.86 bits per heavy atom. The molecule has 1 aromatic carbocycles. The standard InChI is InChI=1S/C10H14BBrN2/c1-3-13-9-7-5-6-8-10(9)14(4-2)11(13)12/h5-8H,3-4H2,1-2H3.